The van der Waals surface area contributed by atoms with Crippen molar-refractivity contribution in [2.75, 3.05) is 6.61 Å². The molecule has 5 heteroatoms. The molecule has 2 aromatic carbocycles. The van der Waals surface area contributed by atoms with Gasteiger partial charge in [-0.15, -0.1) is 0 Å². The van der Waals surface area contributed by atoms with Gasteiger partial charge in [0.05, 0.1) is 6.61 Å². The van der Waals surface area contributed by atoms with E-state index in [-0.39, 0.29) is 0 Å². The summed E-state index contributed by atoms with van der Waals surface area (Å²) in [6, 6.07) is 11.9. The summed E-state index contributed by atoms with van der Waals surface area (Å²) in [5, 5.41) is 12.2. The number of aryl methyl sites for hydroxylation is 2. The van der Waals surface area contributed by atoms with Crippen LogP contribution in [-0.4, -0.2) is 23.6 Å². The SMILES string of the molecule is Cc1ccc(C(NC(=O)C2OCCc3ccccc32)C(=O)O)cc1C. The van der Waals surface area contributed by atoms with Crippen LogP contribution in [0.1, 0.15) is 40.0 Å². The van der Waals surface area contributed by atoms with Gasteiger partial charge in [0.1, 0.15) is 0 Å². The molecule has 0 aromatic heterocycles. The minimum absolute atomic E-state index is 0.433. The molecule has 2 aromatic rings. The van der Waals surface area contributed by atoms with Crippen molar-refractivity contribution in [2.45, 2.75) is 32.4 Å². The van der Waals surface area contributed by atoms with Gasteiger partial charge in [-0.05, 0) is 48.1 Å². The number of benzene rings is 2. The summed E-state index contributed by atoms with van der Waals surface area (Å²) >= 11 is 0. The van der Waals surface area contributed by atoms with Crippen LogP contribution < -0.4 is 5.32 Å². The first-order valence-corrected chi connectivity index (χ1v) is 8.27. The molecule has 0 bridgehead atoms. The molecular formula is C20H21NO4. The number of fused-ring (bicyclic) bond motifs is 1. The molecule has 1 aliphatic rings. The van der Waals surface area contributed by atoms with Crippen LogP contribution >= 0.6 is 0 Å². The largest absolute Gasteiger partial charge is 0.479 e. The van der Waals surface area contributed by atoms with Gasteiger partial charge in [-0.1, -0.05) is 42.5 Å². The van der Waals surface area contributed by atoms with E-state index in [0.29, 0.717) is 12.2 Å². The van der Waals surface area contributed by atoms with Crippen LogP contribution in [0.25, 0.3) is 0 Å². The molecule has 25 heavy (non-hydrogen) atoms. The number of carboxylic acid groups (broad SMARTS) is 1. The first kappa shape index (κ1) is 17.2. The second-order valence-corrected chi connectivity index (χ2v) is 6.32. The van der Waals surface area contributed by atoms with Crippen LogP contribution in [0.5, 0.6) is 0 Å². The first-order valence-electron chi connectivity index (χ1n) is 8.27. The second-order valence-electron chi connectivity index (χ2n) is 6.32. The summed E-state index contributed by atoms with van der Waals surface area (Å²) in [6.07, 6.45) is -0.0298. The lowest BCUT2D eigenvalue weighted by molar-refractivity contribution is -0.145. The van der Waals surface area contributed by atoms with E-state index in [1.165, 1.54) is 0 Å². The molecular weight excluding hydrogens is 318 g/mol. The van der Waals surface area contributed by atoms with Crippen molar-refractivity contribution in [3.05, 3.63) is 70.3 Å². The molecule has 3 rings (SSSR count). The first-order chi connectivity index (χ1) is 12.0. The van der Waals surface area contributed by atoms with Gasteiger partial charge in [-0.3, -0.25) is 4.79 Å². The van der Waals surface area contributed by atoms with Crippen molar-refractivity contribution >= 4 is 11.9 Å². The lowest BCUT2D eigenvalue weighted by atomic mass is 9.96. The molecule has 0 aliphatic carbocycles. The quantitative estimate of drug-likeness (QED) is 0.898. The van der Waals surface area contributed by atoms with E-state index >= 15 is 0 Å². The zero-order chi connectivity index (χ0) is 18.0. The van der Waals surface area contributed by atoms with E-state index in [4.69, 9.17) is 4.74 Å². The van der Waals surface area contributed by atoms with Gasteiger partial charge in [0.25, 0.3) is 5.91 Å². The number of hydrogen-bond acceptors (Lipinski definition) is 3. The molecule has 0 saturated carbocycles. The predicted molar refractivity (Wildman–Crippen MR) is 93.3 cm³/mol. The zero-order valence-corrected chi connectivity index (χ0v) is 14.3. The Hall–Kier alpha value is -2.66. The third kappa shape index (κ3) is 3.56. The fourth-order valence-corrected chi connectivity index (χ4v) is 3.06. The van der Waals surface area contributed by atoms with Gasteiger partial charge in [0.2, 0.25) is 0 Å². The van der Waals surface area contributed by atoms with Crippen LogP contribution in [0.4, 0.5) is 0 Å². The van der Waals surface area contributed by atoms with Gasteiger partial charge in [-0.25, -0.2) is 4.79 Å². The van der Waals surface area contributed by atoms with E-state index in [9.17, 15) is 14.7 Å². The molecule has 2 unspecified atom stereocenters. The summed E-state index contributed by atoms with van der Waals surface area (Å²) in [5.41, 5.74) is 4.47. The standard InChI is InChI=1S/C20H21NO4/c1-12-7-8-15(11-13(12)2)17(20(23)24)21-19(22)18-16-6-4-3-5-14(16)9-10-25-18/h3-8,11,17-18H,9-10H2,1-2H3,(H,21,22)(H,23,24). The van der Waals surface area contributed by atoms with E-state index in [0.717, 1.165) is 28.7 Å². The summed E-state index contributed by atoms with van der Waals surface area (Å²) in [7, 11) is 0. The number of carboxylic acids is 1. The highest BCUT2D eigenvalue weighted by molar-refractivity contribution is 5.88. The van der Waals surface area contributed by atoms with E-state index < -0.39 is 24.0 Å². The lowest BCUT2D eigenvalue weighted by Crippen LogP contribution is -2.39. The molecule has 0 fully saturated rings. The van der Waals surface area contributed by atoms with Crippen LogP contribution in [0, 0.1) is 13.8 Å². The maximum absolute atomic E-state index is 12.7. The molecule has 1 amide bonds. The molecule has 5 nitrogen and oxygen atoms in total. The molecule has 1 heterocycles. The van der Waals surface area contributed by atoms with Crippen molar-refractivity contribution in [3.8, 4) is 0 Å². The highest BCUT2D eigenvalue weighted by Gasteiger charge is 2.31. The Labute approximate surface area is 146 Å². The molecule has 130 valence electrons. The number of amides is 1. The molecule has 0 spiro atoms. The van der Waals surface area contributed by atoms with Crippen LogP contribution in [-0.2, 0) is 20.7 Å². The second kappa shape index (κ2) is 7.07. The third-order valence-electron chi connectivity index (χ3n) is 4.63. The Kier molecular flexibility index (Phi) is 4.86. The number of rotatable bonds is 4. The fraction of sp³-hybridized carbons (Fsp3) is 0.300. The Morgan fingerprint density at radius 2 is 1.92 bits per heavy atom. The highest BCUT2D eigenvalue weighted by Crippen LogP contribution is 2.28. The van der Waals surface area contributed by atoms with E-state index in [1.807, 2.05) is 44.2 Å². The van der Waals surface area contributed by atoms with E-state index in [2.05, 4.69) is 5.32 Å². The minimum Gasteiger partial charge on any atom is -0.479 e. The maximum Gasteiger partial charge on any atom is 0.330 e. The number of aliphatic carboxylic acids is 1. The molecule has 2 atom stereocenters. The Bertz CT molecular complexity index is 815. The number of carbonyl (C=O) groups excluding carboxylic acids is 1. The number of hydrogen-bond donors (Lipinski definition) is 2. The molecule has 0 saturated heterocycles. The normalized spacial score (nSPS) is 17.4. The van der Waals surface area contributed by atoms with Crippen LogP contribution in [0.2, 0.25) is 0 Å². The van der Waals surface area contributed by atoms with Gasteiger partial charge in [-0.2, -0.15) is 0 Å². The molecule has 0 radical (unpaired) electrons. The highest BCUT2D eigenvalue weighted by atomic mass is 16.5. The molecule has 2 N–H and O–H groups in total. The monoisotopic (exact) mass is 339 g/mol. The van der Waals surface area contributed by atoms with Crippen molar-refractivity contribution in [1.29, 1.82) is 0 Å². The zero-order valence-electron chi connectivity index (χ0n) is 14.3. The predicted octanol–water partition coefficient (Wildman–Crippen LogP) is 2.86. The summed E-state index contributed by atoms with van der Waals surface area (Å²) in [5.74, 6) is -1.53. The lowest BCUT2D eigenvalue weighted by Gasteiger charge is -2.26. The van der Waals surface area contributed by atoms with Gasteiger partial charge < -0.3 is 15.2 Å². The summed E-state index contributed by atoms with van der Waals surface area (Å²) in [6.45, 7) is 4.32. The smallest absolute Gasteiger partial charge is 0.330 e. The Morgan fingerprint density at radius 1 is 1.16 bits per heavy atom. The van der Waals surface area contributed by atoms with Crippen molar-refractivity contribution in [3.63, 3.8) is 0 Å². The van der Waals surface area contributed by atoms with Crippen molar-refractivity contribution in [1.82, 2.24) is 5.32 Å². The summed E-state index contributed by atoms with van der Waals surface area (Å²) < 4.78 is 5.62. The number of nitrogens with one attached hydrogen (secondary N) is 1. The van der Waals surface area contributed by atoms with Crippen LogP contribution in [0.3, 0.4) is 0 Å². The van der Waals surface area contributed by atoms with Gasteiger partial charge in [0, 0.05) is 0 Å². The maximum atomic E-state index is 12.7. The summed E-state index contributed by atoms with van der Waals surface area (Å²) in [4.78, 5) is 24.4. The van der Waals surface area contributed by atoms with E-state index in [1.54, 1.807) is 12.1 Å². The average Bonchev–Trinajstić information content (AvgIpc) is 2.61. The van der Waals surface area contributed by atoms with Crippen molar-refractivity contribution in [2.24, 2.45) is 0 Å². The van der Waals surface area contributed by atoms with Crippen LogP contribution in [0.15, 0.2) is 42.5 Å². The van der Waals surface area contributed by atoms with Gasteiger partial charge >= 0.3 is 5.97 Å². The fourth-order valence-electron chi connectivity index (χ4n) is 3.06. The van der Waals surface area contributed by atoms with Crippen molar-refractivity contribution < 1.29 is 19.4 Å². The Balaban J connectivity index is 1.85. The topological polar surface area (TPSA) is 75.6 Å². The third-order valence-corrected chi connectivity index (χ3v) is 4.63. The number of ether oxygens (including phenoxy) is 1. The Morgan fingerprint density at radius 3 is 2.64 bits per heavy atom. The minimum atomic E-state index is -1.11. The number of carbonyl (C=O) groups is 2. The van der Waals surface area contributed by atoms with Gasteiger partial charge in [0.15, 0.2) is 12.1 Å². The average molecular weight is 339 g/mol. The molecule has 1 aliphatic heterocycles.